The molecular formula is C6H12N2O2Se. The number of carbonyl (C=O) groups is 2. The van der Waals surface area contributed by atoms with E-state index in [1.54, 1.807) is 7.05 Å². The van der Waals surface area contributed by atoms with Crippen LogP contribution in [-0.4, -0.2) is 40.9 Å². The van der Waals surface area contributed by atoms with Crippen molar-refractivity contribution in [2.75, 3.05) is 7.05 Å². The summed E-state index contributed by atoms with van der Waals surface area (Å²) in [5, 5.41) is 5.52. The zero-order valence-electron chi connectivity index (χ0n) is 6.55. The minimum atomic E-state index is -0.419. The van der Waals surface area contributed by atoms with Crippen molar-refractivity contribution in [1.29, 1.82) is 0 Å². The fourth-order valence-corrected chi connectivity index (χ4v) is 1.15. The summed E-state index contributed by atoms with van der Waals surface area (Å²) < 4.78 is 0. The van der Waals surface area contributed by atoms with Gasteiger partial charge in [0.2, 0.25) is 0 Å². The summed E-state index contributed by atoms with van der Waals surface area (Å²) in [6, 6.07) is -0.419. The number of nitrogens with one attached hydrogen (secondary N) is 2. The molecule has 2 amide bonds. The van der Waals surface area contributed by atoms with Gasteiger partial charge in [-0.15, -0.1) is 0 Å². The molecule has 4 nitrogen and oxygen atoms in total. The average molecular weight is 223 g/mol. The van der Waals surface area contributed by atoms with Gasteiger partial charge in [-0.2, -0.15) is 0 Å². The Morgan fingerprint density at radius 1 is 1.55 bits per heavy atom. The van der Waals surface area contributed by atoms with Crippen LogP contribution >= 0.6 is 0 Å². The number of amides is 2. The molecule has 0 fully saturated rings. The molecule has 0 rings (SSSR count). The van der Waals surface area contributed by atoms with Crippen LogP contribution < -0.4 is 10.6 Å². The van der Waals surface area contributed by atoms with Crippen molar-refractivity contribution in [3.63, 3.8) is 0 Å². The van der Waals surface area contributed by atoms with Crippen LogP contribution in [0.5, 0.6) is 0 Å². The van der Waals surface area contributed by atoms with Crippen LogP contribution in [0.4, 0.5) is 0 Å². The zero-order chi connectivity index (χ0) is 8.85. The average Bonchev–Trinajstić information content (AvgIpc) is 1.98. The van der Waals surface area contributed by atoms with E-state index in [9.17, 15) is 9.59 Å². The zero-order valence-corrected chi connectivity index (χ0v) is 8.42. The third kappa shape index (κ3) is 4.01. The van der Waals surface area contributed by atoms with Crippen molar-refractivity contribution in [3.8, 4) is 0 Å². The van der Waals surface area contributed by atoms with Crippen molar-refractivity contribution in [1.82, 2.24) is 10.6 Å². The van der Waals surface area contributed by atoms with E-state index in [0.29, 0.717) is 5.32 Å². The number of carbonyl (C=O) groups excluding carboxylic acids is 2. The molecule has 11 heavy (non-hydrogen) atoms. The first-order chi connectivity index (χ1) is 5.11. The molecule has 0 saturated carbocycles. The number of likely N-dealkylation sites (N-methyl/N-ethyl adjacent to an activating group) is 1. The fourth-order valence-electron chi connectivity index (χ4n) is 0.614. The molecule has 0 radical (unpaired) electrons. The maximum atomic E-state index is 10.9. The molecule has 0 unspecified atom stereocenters. The Morgan fingerprint density at radius 3 is 2.36 bits per heavy atom. The Labute approximate surface area is 73.9 Å². The summed E-state index contributed by atoms with van der Waals surface area (Å²) in [6.07, 6.45) is 0. The van der Waals surface area contributed by atoms with Crippen LogP contribution in [0, 0.1) is 0 Å². The van der Waals surface area contributed by atoms with Gasteiger partial charge in [-0.3, -0.25) is 0 Å². The minimum absolute atomic E-state index is 0.166. The van der Waals surface area contributed by atoms with E-state index in [2.05, 4.69) is 26.6 Å². The molecule has 0 spiro atoms. The summed E-state index contributed by atoms with van der Waals surface area (Å²) in [4.78, 5) is 21.5. The van der Waals surface area contributed by atoms with E-state index in [4.69, 9.17) is 0 Å². The first-order valence-electron chi connectivity index (χ1n) is 3.21. The number of hydrogen-bond acceptors (Lipinski definition) is 2. The van der Waals surface area contributed by atoms with Crippen LogP contribution in [0.25, 0.3) is 0 Å². The van der Waals surface area contributed by atoms with Crippen LogP contribution in [-0.2, 0) is 9.59 Å². The van der Waals surface area contributed by atoms with E-state index < -0.39 is 6.04 Å². The molecule has 2 N–H and O–H groups in total. The van der Waals surface area contributed by atoms with Gasteiger partial charge >= 0.3 is 73.4 Å². The van der Waals surface area contributed by atoms with Crippen molar-refractivity contribution in [3.05, 3.63) is 0 Å². The van der Waals surface area contributed by atoms with E-state index in [1.165, 1.54) is 6.92 Å². The molecule has 1 atom stereocenters. The van der Waals surface area contributed by atoms with Gasteiger partial charge in [0.15, 0.2) is 0 Å². The predicted molar refractivity (Wildman–Crippen MR) is 43.6 cm³/mol. The standard InChI is InChI=1S/C6H12N2O2Se/c1-4(9)8-5(3-11)6(10)7-2/h5,11H,3H2,1-2H3,(H,7,10)(H,8,9)/t5-/m0/s1. The molecule has 0 aromatic rings. The van der Waals surface area contributed by atoms with E-state index in [-0.39, 0.29) is 11.8 Å². The van der Waals surface area contributed by atoms with Crippen molar-refractivity contribution < 1.29 is 9.59 Å². The van der Waals surface area contributed by atoms with Gasteiger partial charge in [0.05, 0.1) is 0 Å². The fraction of sp³-hybridized carbons (Fsp3) is 0.667. The van der Waals surface area contributed by atoms with Crippen molar-refractivity contribution in [2.45, 2.75) is 18.3 Å². The molecule has 0 bridgehead atoms. The molecule has 0 aliphatic heterocycles. The molecule has 0 aliphatic rings. The monoisotopic (exact) mass is 224 g/mol. The molecule has 0 saturated heterocycles. The number of hydrogen-bond donors (Lipinski definition) is 2. The summed E-state index contributed by atoms with van der Waals surface area (Å²) >= 11 is 2.27. The second-order valence-electron chi connectivity index (χ2n) is 2.05. The summed E-state index contributed by atoms with van der Waals surface area (Å²) in [6.45, 7) is 1.39. The molecule has 0 aromatic carbocycles. The molecular weight excluding hydrogens is 211 g/mol. The Morgan fingerprint density at radius 2 is 2.09 bits per heavy atom. The van der Waals surface area contributed by atoms with Gasteiger partial charge in [-0.25, -0.2) is 0 Å². The van der Waals surface area contributed by atoms with Gasteiger partial charge in [0, 0.05) is 0 Å². The molecule has 0 heterocycles. The van der Waals surface area contributed by atoms with Crippen LogP contribution in [0.2, 0.25) is 5.32 Å². The summed E-state index contributed by atoms with van der Waals surface area (Å²) in [7, 11) is 1.54. The second-order valence-corrected chi connectivity index (χ2v) is 2.82. The van der Waals surface area contributed by atoms with Gasteiger partial charge in [0.1, 0.15) is 0 Å². The quantitative estimate of drug-likeness (QED) is 0.575. The van der Waals surface area contributed by atoms with Crippen LogP contribution in [0.15, 0.2) is 0 Å². The summed E-state index contributed by atoms with van der Waals surface area (Å²) in [5.74, 6) is -0.356. The Hall–Kier alpha value is -0.541. The van der Waals surface area contributed by atoms with Crippen LogP contribution in [0.1, 0.15) is 6.92 Å². The predicted octanol–water partition coefficient (Wildman–Crippen LogP) is -1.44. The van der Waals surface area contributed by atoms with Gasteiger partial charge < -0.3 is 0 Å². The van der Waals surface area contributed by atoms with Gasteiger partial charge in [-0.05, 0) is 0 Å². The Kier molecular flexibility index (Phi) is 4.90. The third-order valence-corrected chi connectivity index (χ3v) is 1.89. The second kappa shape index (κ2) is 5.15. The first-order valence-corrected chi connectivity index (χ1v) is 4.54. The topological polar surface area (TPSA) is 58.2 Å². The van der Waals surface area contributed by atoms with Gasteiger partial charge in [-0.1, -0.05) is 0 Å². The van der Waals surface area contributed by atoms with E-state index >= 15 is 0 Å². The Bertz CT molecular complexity index is 161. The van der Waals surface area contributed by atoms with Gasteiger partial charge in [0.25, 0.3) is 0 Å². The SMILES string of the molecule is CNC(=O)[C@H](C[SeH])NC(C)=O. The van der Waals surface area contributed by atoms with E-state index in [1.807, 2.05) is 0 Å². The Balaban J connectivity index is 3.94. The first kappa shape index (κ1) is 10.5. The van der Waals surface area contributed by atoms with E-state index in [0.717, 1.165) is 0 Å². The number of rotatable bonds is 3. The molecule has 0 aliphatic carbocycles. The summed E-state index contributed by atoms with van der Waals surface area (Å²) in [5.41, 5.74) is 0. The van der Waals surface area contributed by atoms with Crippen molar-refractivity contribution >= 4 is 27.8 Å². The van der Waals surface area contributed by atoms with Crippen LogP contribution in [0.3, 0.4) is 0 Å². The normalized spacial score (nSPS) is 11.9. The molecule has 0 aromatic heterocycles. The van der Waals surface area contributed by atoms with Crippen molar-refractivity contribution in [2.24, 2.45) is 0 Å². The molecule has 64 valence electrons. The third-order valence-electron chi connectivity index (χ3n) is 1.12. The maximum absolute atomic E-state index is 10.9. The molecule has 5 heteroatoms.